The molecule has 1 aromatic carbocycles. The van der Waals surface area contributed by atoms with Crippen molar-refractivity contribution in [1.29, 1.82) is 0 Å². The van der Waals surface area contributed by atoms with Crippen molar-refractivity contribution in [1.82, 2.24) is 4.98 Å². The van der Waals surface area contributed by atoms with Crippen molar-refractivity contribution in [3.8, 4) is 0 Å². The Bertz CT molecular complexity index is 514. The first-order chi connectivity index (χ1) is 7.00. The summed E-state index contributed by atoms with van der Waals surface area (Å²) in [5, 5.41) is 0.981. The first-order valence-corrected chi connectivity index (χ1v) is 5.77. The van der Waals surface area contributed by atoms with Gasteiger partial charge in [0, 0.05) is 15.6 Å². The molecule has 0 saturated carbocycles. The van der Waals surface area contributed by atoms with Gasteiger partial charge in [0.15, 0.2) is 0 Å². The third-order valence-corrected chi connectivity index (χ3v) is 3.10. The number of aromatic amines is 1. The summed E-state index contributed by atoms with van der Waals surface area (Å²) >= 11 is 3.32. The minimum atomic E-state index is -0.200. The Balaban J connectivity index is 2.86. The molecule has 0 aliphatic heterocycles. The van der Waals surface area contributed by atoms with Crippen LogP contribution < -0.4 is 0 Å². The molecule has 0 aliphatic rings. The van der Waals surface area contributed by atoms with E-state index in [2.05, 4.69) is 34.8 Å². The highest BCUT2D eigenvalue weighted by Crippen LogP contribution is 2.32. The average molecular weight is 270 g/mol. The van der Waals surface area contributed by atoms with Crippen LogP contribution in [0.15, 0.2) is 16.6 Å². The van der Waals surface area contributed by atoms with Crippen molar-refractivity contribution in [2.75, 3.05) is 0 Å². The highest BCUT2D eigenvalue weighted by molar-refractivity contribution is 9.10. The maximum atomic E-state index is 13.6. The molecule has 1 nitrogen and oxygen atoms in total. The van der Waals surface area contributed by atoms with E-state index in [0.29, 0.717) is 11.4 Å². The number of hydrogen-bond acceptors (Lipinski definition) is 0. The summed E-state index contributed by atoms with van der Waals surface area (Å²) in [7, 11) is 0. The molecule has 0 saturated heterocycles. The number of H-pyrrole nitrogens is 1. The van der Waals surface area contributed by atoms with Gasteiger partial charge in [-0.2, -0.15) is 0 Å². The van der Waals surface area contributed by atoms with E-state index in [-0.39, 0.29) is 5.82 Å². The molecule has 2 aromatic rings. The largest absolute Gasteiger partial charge is 0.356 e. The van der Waals surface area contributed by atoms with E-state index in [1.807, 2.05) is 13.0 Å². The fourth-order valence-electron chi connectivity index (χ4n) is 2.11. The molecule has 0 amide bonds. The summed E-state index contributed by atoms with van der Waals surface area (Å²) in [6.07, 6.45) is 0. The molecule has 3 heteroatoms. The zero-order valence-corrected chi connectivity index (χ0v) is 10.6. The van der Waals surface area contributed by atoms with Gasteiger partial charge in [0.2, 0.25) is 0 Å². The molecule has 0 bridgehead atoms. The van der Waals surface area contributed by atoms with Gasteiger partial charge in [0.25, 0.3) is 0 Å². The van der Waals surface area contributed by atoms with Crippen molar-refractivity contribution in [2.45, 2.75) is 26.7 Å². The summed E-state index contributed by atoms with van der Waals surface area (Å²) in [6, 6.07) is 3.46. The van der Waals surface area contributed by atoms with Gasteiger partial charge in [-0.05, 0) is 30.5 Å². The SMILES string of the molecule is Cc1[nH]c2c(F)cc(Br)cc2c1C(C)C. The lowest BCUT2D eigenvalue weighted by Crippen LogP contribution is -1.88. The Labute approximate surface area is 96.8 Å². The second kappa shape index (κ2) is 3.63. The first-order valence-electron chi connectivity index (χ1n) is 4.98. The van der Waals surface area contributed by atoms with Crippen LogP contribution in [0.25, 0.3) is 10.9 Å². The number of benzene rings is 1. The second-order valence-corrected chi connectivity index (χ2v) is 5.04. The lowest BCUT2D eigenvalue weighted by molar-refractivity contribution is 0.636. The number of fused-ring (bicyclic) bond motifs is 1. The third kappa shape index (κ3) is 1.69. The van der Waals surface area contributed by atoms with Gasteiger partial charge in [0.05, 0.1) is 5.52 Å². The van der Waals surface area contributed by atoms with Crippen molar-refractivity contribution < 1.29 is 4.39 Å². The van der Waals surface area contributed by atoms with Gasteiger partial charge in [-0.1, -0.05) is 29.8 Å². The molecule has 0 spiro atoms. The molecule has 0 atom stereocenters. The summed E-state index contributed by atoms with van der Waals surface area (Å²) < 4.78 is 14.4. The van der Waals surface area contributed by atoms with Crippen LogP contribution in [-0.2, 0) is 0 Å². The summed E-state index contributed by atoms with van der Waals surface area (Å²) in [4.78, 5) is 3.11. The van der Waals surface area contributed by atoms with Crippen LogP contribution in [0, 0.1) is 12.7 Å². The molecule has 1 N–H and O–H groups in total. The number of hydrogen-bond donors (Lipinski definition) is 1. The molecule has 80 valence electrons. The monoisotopic (exact) mass is 269 g/mol. The van der Waals surface area contributed by atoms with Gasteiger partial charge >= 0.3 is 0 Å². The molecule has 0 radical (unpaired) electrons. The van der Waals surface area contributed by atoms with Gasteiger partial charge in [-0.25, -0.2) is 4.39 Å². The first kappa shape index (κ1) is 10.7. The van der Waals surface area contributed by atoms with Gasteiger partial charge in [-0.3, -0.25) is 0 Å². The van der Waals surface area contributed by atoms with E-state index in [9.17, 15) is 4.39 Å². The molecular formula is C12H13BrFN. The summed E-state index contributed by atoms with van der Waals surface area (Å²) in [6.45, 7) is 6.23. The third-order valence-electron chi connectivity index (χ3n) is 2.64. The lowest BCUT2D eigenvalue weighted by atomic mass is 10.00. The fraction of sp³-hybridized carbons (Fsp3) is 0.333. The highest BCUT2D eigenvalue weighted by Gasteiger charge is 2.14. The second-order valence-electron chi connectivity index (χ2n) is 4.13. The van der Waals surface area contributed by atoms with E-state index in [1.54, 1.807) is 0 Å². The Morgan fingerprint density at radius 3 is 2.60 bits per heavy atom. The predicted octanol–water partition coefficient (Wildman–Crippen LogP) is 4.50. The quantitative estimate of drug-likeness (QED) is 0.785. The molecule has 1 aromatic heterocycles. The predicted molar refractivity (Wildman–Crippen MR) is 64.8 cm³/mol. The van der Waals surface area contributed by atoms with Gasteiger partial charge in [0.1, 0.15) is 5.82 Å². The highest BCUT2D eigenvalue weighted by atomic mass is 79.9. The van der Waals surface area contributed by atoms with Crippen molar-refractivity contribution in [2.24, 2.45) is 0 Å². The van der Waals surface area contributed by atoms with E-state index in [1.165, 1.54) is 11.6 Å². The minimum absolute atomic E-state index is 0.200. The standard InChI is InChI=1S/C12H13BrFN/c1-6(2)11-7(3)15-12-9(11)4-8(13)5-10(12)14/h4-6,15H,1-3H3. The molecule has 1 heterocycles. The molecule has 0 fully saturated rings. The number of aryl methyl sites for hydroxylation is 1. The van der Waals surface area contributed by atoms with Crippen LogP contribution in [0.3, 0.4) is 0 Å². The van der Waals surface area contributed by atoms with Crippen molar-refractivity contribution in [3.05, 3.63) is 33.7 Å². The molecule has 0 aliphatic carbocycles. The van der Waals surface area contributed by atoms with Crippen LogP contribution in [0.2, 0.25) is 0 Å². The van der Waals surface area contributed by atoms with E-state index in [4.69, 9.17) is 0 Å². The smallest absolute Gasteiger partial charge is 0.148 e. The fourth-order valence-corrected chi connectivity index (χ4v) is 2.54. The van der Waals surface area contributed by atoms with E-state index in [0.717, 1.165) is 15.6 Å². The number of halogens is 2. The molecule has 0 unspecified atom stereocenters. The minimum Gasteiger partial charge on any atom is -0.356 e. The van der Waals surface area contributed by atoms with Crippen LogP contribution in [0.4, 0.5) is 4.39 Å². The average Bonchev–Trinajstić information content (AvgIpc) is 2.41. The van der Waals surface area contributed by atoms with Crippen LogP contribution in [0.5, 0.6) is 0 Å². The molecular weight excluding hydrogens is 257 g/mol. The Morgan fingerprint density at radius 2 is 2.00 bits per heavy atom. The lowest BCUT2D eigenvalue weighted by Gasteiger charge is -2.05. The maximum absolute atomic E-state index is 13.6. The maximum Gasteiger partial charge on any atom is 0.148 e. The van der Waals surface area contributed by atoms with Crippen molar-refractivity contribution in [3.63, 3.8) is 0 Å². The zero-order valence-electron chi connectivity index (χ0n) is 8.99. The number of nitrogens with one attached hydrogen (secondary N) is 1. The van der Waals surface area contributed by atoms with Crippen LogP contribution in [0.1, 0.15) is 31.0 Å². The Morgan fingerprint density at radius 1 is 1.33 bits per heavy atom. The Hall–Kier alpha value is -0.830. The summed E-state index contributed by atoms with van der Waals surface area (Å²) in [5.74, 6) is 0.196. The normalized spacial score (nSPS) is 11.6. The van der Waals surface area contributed by atoms with Gasteiger partial charge in [-0.15, -0.1) is 0 Å². The zero-order chi connectivity index (χ0) is 11.2. The van der Waals surface area contributed by atoms with Crippen LogP contribution in [-0.4, -0.2) is 4.98 Å². The summed E-state index contributed by atoms with van der Waals surface area (Å²) in [5.41, 5.74) is 2.86. The number of rotatable bonds is 1. The van der Waals surface area contributed by atoms with Crippen LogP contribution >= 0.6 is 15.9 Å². The Kier molecular flexibility index (Phi) is 2.59. The van der Waals surface area contributed by atoms with Gasteiger partial charge < -0.3 is 4.98 Å². The molecule has 2 rings (SSSR count). The van der Waals surface area contributed by atoms with E-state index < -0.39 is 0 Å². The topological polar surface area (TPSA) is 15.8 Å². The molecule has 15 heavy (non-hydrogen) atoms. The van der Waals surface area contributed by atoms with E-state index >= 15 is 0 Å². The number of aromatic nitrogens is 1. The van der Waals surface area contributed by atoms with Crippen molar-refractivity contribution >= 4 is 26.8 Å².